The Hall–Kier alpha value is -2.35. The van der Waals surface area contributed by atoms with Gasteiger partial charge in [0.15, 0.2) is 11.0 Å². The number of carbonyl (C=O) groups is 2. The van der Waals surface area contributed by atoms with Crippen molar-refractivity contribution in [1.82, 2.24) is 25.0 Å². The molecule has 3 rings (SSSR count). The number of nitrogens with one attached hydrogen (secondary N) is 1. The Morgan fingerprint density at radius 3 is 2.76 bits per heavy atom. The number of likely N-dealkylation sites (tertiary alicyclic amines) is 1. The van der Waals surface area contributed by atoms with Crippen LogP contribution in [0.4, 0.5) is 0 Å². The number of rotatable bonds is 8. The molecular formula is C21H29N5O2S. The van der Waals surface area contributed by atoms with Gasteiger partial charge in [0, 0.05) is 19.5 Å². The molecule has 1 atom stereocenters. The van der Waals surface area contributed by atoms with Crippen LogP contribution < -0.4 is 5.32 Å². The first kappa shape index (κ1) is 21.4. The number of nitrogens with zero attached hydrogens (tertiary/aromatic N) is 4. The van der Waals surface area contributed by atoms with Gasteiger partial charge in [-0.1, -0.05) is 48.5 Å². The second-order valence-corrected chi connectivity index (χ2v) is 8.20. The molecule has 0 radical (unpaired) electrons. The van der Waals surface area contributed by atoms with Gasteiger partial charge in [-0.3, -0.25) is 9.59 Å². The van der Waals surface area contributed by atoms with Crippen LogP contribution in [-0.2, 0) is 22.7 Å². The Morgan fingerprint density at radius 1 is 1.21 bits per heavy atom. The maximum absolute atomic E-state index is 12.4. The number of benzene rings is 1. The molecule has 29 heavy (non-hydrogen) atoms. The first-order valence-corrected chi connectivity index (χ1v) is 11.2. The van der Waals surface area contributed by atoms with Crippen LogP contribution in [0.1, 0.15) is 57.0 Å². The number of amides is 2. The van der Waals surface area contributed by atoms with Crippen LogP contribution in [0.2, 0.25) is 0 Å². The summed E-state index contributed by atoms with van der Waals surface area (Å²) in [5.41, 5.74) is 1.08. The predicted molar refractivity (Wildman–Crippen MR) is 113 cm³/mol. The van der Waals surface area contributed by atoms with Gasteiger partial charge in [0.2, 0.25) is 11.8 Å². The minimum atomic E-state index is -0.0436. The third-order valence-electron chi connectivity index (χ3n) is 5.12. The van der Waals surface area contributed by atoms with E-state index in [-0.39, 0.29) is 23.6 Å². The van der Waals surface area contributed by atoms with E-state index in [1.54, 1.807) is 0 Å². The largest absolute Gasteiger partial charge is 0.349 e. The van der Waals surface area contributed by atoms with Crippen molar-refractivity contribution in [1.29, 1.82) is 0 Å². The van der Waals surface area contributed by atoms with Crippen LogP contribution in [0.5, 0.6) is 0 Å². The second kappa shape index (κ2) is 10.4. The van der Waals surface area contributed by atoms with E-state index in [0.717, 1.165) is 37.2 Å². The van der Waals surface area contributed by atoms with Gasteiger partial charge in [-0.15, -0.1) is 10.2 Å². The van der Waals surface area contributed by atoms with Crippen molar-refractivity contribution in [2.45, 2.75) is 63.8 Å². The van der Waals surface area contributed by atoms with E-state index < -0.39 is 0 Å². The molecule has 1 aliphatic heterocycles. The van der Waals surface area contributed by atoms with Crippen molar-refractivity contribution >= 4 is 23.6 Å². The summed E-state index contributed by atoms with van der Waals surface area (Å²) in [4.78, 5) is 26.5. The molecule has 0 saturated carbocycles. The lowest BCUT2D eigenvalue weighted by Gasteiger charge is -2.20. The first-order chi connectivity index (χ1) is 14.1. The fraction of sp³-hybridized carbons (Fsp3) is 0.524. The van der Waals surface area contributed by atoms with Gasteiger partial charge < -0.3 is 14.8 Å². The van der Waals surface area contributed by atoms with Crippen LogP contribution in [-0.4, -0.2) is 43.8 Å². The molecule has 2 amide bonds. The lowest BCUT2D eigenvalue weighted by Crippen LogP contribution is -2.31. The maximum atomic E-state index is 12.4. The molecule has 1 N–H and O–H groups in total. The summed E-state index contributed by atoms with van der Waals surface area (Å²) in [6.45, 7) is 5.96. The minimum Gasteiger partial charge on any atom is -0.349 e. The topological polar surface area (TPSA) is 80.1 Å². The summed E-state index contributed by atoms with van der Waals surface area (Å²) in [6, 6.07) is 9.85. The molecule has 1 aromatic heterocycles. The van der Waals surface area contributed by atoms with Gasteiger partial charge in [0.25, 0.3) is 0 Å². The summed E-state index contributed by atoms with van der Waals surface area (Å²) in [5, 5.41) is 12.3. The van der Waals surface area contributed by atoms with Gasteiger partial charge >= 0.3 is 0 Å². The van der Waals surface area contributed by atoms with E-state index in [2.05, 4.69) is 15.5 Å². The van der Waals surface area contributed by atoms with E-state index in [1.165, 1.54) is 11.8 Å². The Balaban J connectivity index is 1.57. The molecule has 156 valence electrons. The Bertz CT molecular complexity index is 824. The van der Waals surface area contributed by atoms with Crippen molar-refractivity contribution in [3.63, 3.8) is 0 Å². The monoisotopic (exact) mass is 415 g/mol. The van der Waals surface area contributed by atoms with E-state index in [9.17, 15) is 9.59 Å². The van der Waals surface area contributed by atoms with Crippen molar-refractivity contribution in [2.75, 3.05) is 12.3 Å². The van der Waals surface area contributed by atoms with Crippen molar-refractivity contribution in [3.05, 3.63) is 41.7 Å². The summed E-state index contributed by atoms with van der Waals surface area (Å²) in [5.74, 6) is 1.21. The molecule has 0 aliphatic carbocycles. The molecule has 2 heterocycles. The third kappa shape index (κ3) is 5.82. The normalized spacial score (nSPS) is 15.8. The molecule has 2 aromatic rings. The Labute approximate surface area is 176 Å². The summed E-state index contributed by atoms with van der Waals surface area (Å²) < 4.78 is 2.00. The Morgan fingerprint density at radius 2 is 2.00 bits per heavy atom. The van der Waals surface area contributed by atoms with E-state index in [1.807, 2.05) is 53.6 Å². The molecule has 1 aliphatic rings. The Kier molecular flexibility index (Phi) is 7.69. The van der Waals surface area contributed by atoms with Crippen LogP contribution in [0.3, 0.4) is 0 Å². The maximum Gasteiger partial charge on any atom is 0.230 e. The molecule has 1 aromatic carbocycles. The van der Waals surface area contributed by atoms with Gasteiger partial charge in [-0.2, -0.15) is 0 Å². The average Bonchev–Trinajstić information content (AvgIpc) is 3.01. The summed E-state index contributed by atoms with van der Waals surface area (Å²) in [6.07, 6.45) is 3.71. The standard InChI is InChI=1S/C21H29N5O2S/c1-3-26-18(14-25-13-9-5-8-12-20(25)28)23-24-21(26)29-15-19(27)22-16(2)17-10-6-4-7-11-17/h4,6-7,10-11,16H,3,5,8-9,12-15H2,1-2H3,(H,22,27)/t16-/m1/s1. The van der Waals surface area contributed by atoms with E-state index >= 15 is 0 Å². The van der Waals surface area contributed by atoms with Crippen LogP contribution in [0.25, 0.3) is 0 Å². The highest BCUT2D eigenvalue weighted by atomic mass is 32.2. The van der Waals surface area contributed by atoms with E-state index in [0.29, 0.717) is 24.7 Å². The van der Waals surface area contributed by atoms with Crippen molar-refractivity contribution < 1.29 is 9.59 Å². The molecular weight excluding hydrogens is 386 g/mol. The fourth-order valence-corrected chi connectivity index (χ4v) is 4.31. The number of hydrogen-bond donors (Lipinski definition) is 1. The number of carbonyl (C=O) groups excluding carboxylic acids is 2. The SMILES string of the molecule is CCn1c(CN2CCCCCC2=O)nnc1SCC(=O)N[C@H](C)c1ccccc1. The highest BCUT2D eigenvalue weighted by Gasteiger charge is 2.21. The number of hydrogen-bond acceptors (Lipinski definition) is 5. The van der Waals surface area contributed by atoms with Crippen molar-refractivity contribution in [2.24, 2.45) is 0 Å². The minimum absolute atomic E-state index is 0.0405. The molecule has 0 bridgehead atoms. The lowest BCUT2D eigenvalue weighted by atomic mass is 10.1. The first-order valence-electron chi connectivity index (χ1n) is 10.3. The fourth-order valence-electron chi connectivity index (χ4n) is 3.48. The molecule has 0 spiro atoms. The molecule has 1 fully saturated rings. The second-order valence-electron chi connectivity index (χ2n) is 7.26. The predicted octanol–water partition coefficient (Wildman–Crippen LogP) is 3.17. The average molecular weight is 416 g/mol. The third-order valence-corrected chi connectivity index (χ3v) is 6.09. The van der Waals surface area contributed by atoms with Crippen molar-refractivity contribution in [3.8, 4) is 0 Å². The van der Waals surface area contributed by atoms with Crippen LogP contribution in [0, 0.1) is 0 Å². The van der Waals surface area contributed by atoms with Gasteiger partial charge in [-0.25, -0.2) is 0 Å². The molecule has 8 heteroatoms. The van der Waals surface area contributed by atoms with Gasteiger partial charge in [0.1, 0.15) is 0 Å². The van der Waals surface area contributed by atoms with Crippen LogP contribution in [0.15, 0.2) is 35.5 Å². The van der Waals surface area contributed by atoms with Gasteiger partial charge in [-0.05, 0) is 32.3 Å². The molecule has 0 unspecified atom stereocenters. The molecule has 1 saturated heterocycles. The zero-order chi connectivity index (χ0) is 20.6. The smallest absolute Gasteiger partial charge is 0.230 e. The highest BCUT2D eigenvalue weighted by molar-refractivity contribution is 7.99. The number of aromatic nitrogens is 3. The number of thioether (sulfide) groups is 1. The lowest BCUT2D eigenvalue weighted by molar-refractivity contribution is -0.131. The summed E-state index contributed by atoms with van der Waals surface area (Å²) in [7, 11) is 0. The molecule has 7 nitrogen and oxygen atoms in total. The zero-order valence-electron chi connectivity index (χ0n) is 17.1. The zero-order valence-corrected chi connectivity index (χ0v) is 18.0. The summed E-state index contributed by atoms with van der Waals surface area (Å²) >= 11 is 1.38. The highest BCUT2D eigenvalue weighted by Crippen LogP contribution is 2.20. The van der Waals surface area contributed by atoms with E-state index in [4.69, 9.17) is 0 Å². The quantitative estimate of drug-likeness (QED) is 0.670. The van der Waals surface area contributed by atoms with Crippen LogP contribution >= 0.6 is 11.8 Å². The van der Waals surface area contributed by atoms with Gasteiger partial charge in [0.05, 0.1) is 18.3 Å².